The summed E-state index contributed by atoms with van der Waals surface area (Å²) in [7, 11) is 1.48. The van der Waals surface area contributed by atoms with Gasteiger partial charge in [0, 0.05) is 54.5 Å². The van der Waals surface area contributed by atoms with Crippen LogP contribution < -0.4 is 10.2 Å². The van der Waals surface area contributed by atoms with Gasteiger partial charge in [-0.3, -0.25) is 4.79 Å². The maximum absolute atomic E-state index is 12.4. The standard InChI is InChI=1S/C29H39BrN4O3/c1-36-28(35)17-24(23-15-25(30)18-27(16-23)34-11-13-37-14-12-34)20-33-10-8-21(19-33)4-6-26-7-5-22-3-2-9-31-29(22)32-26/h5,7,15-16,18,21,24H,2-4,6,8-14,17,19-20H2,1H3,(H,31,32)/t21?,24-/m0/s1. The first-order valence-corrected chi connectivity index (χ1v) is 14.5. The molecular weight excluding hydrogens is 532 g/mol. The summed E-state index contributed by atoms with van der Waals surface area (Å²) in [6.07, 6.45) is 6.09. The van der Waals surface area contributed by atoms with Crippen LogP contribution in [0.15, 0.2) is 34.8 Å². The van der Waals surface area contributed by atoms with E-state index in [-0.39, 0.29) is 11.9 Å². The fourth-order valence-corrected chi connectivity index (χ4v) is 6.39. The summed E-state index contributed by atoms with van der Waals surface area (Å²) in [5, 5.41) is 3.45. The van der Waals surface area contributed by atoms with Gasteiger partial charge < -0.3 is 24.6 Å². The maximum atomic E-state index is 12.4. The van der Waals surface area contributed by atoms with E-state index in [1.165, 1.54) is 42.5 Å². The predicted molar refractivity (Wildman–Crippen MR) is 150 cm³/mol. The van der Waals surface area contributed by atoms with Crippen LogP contribution in [0.2, 0.25) is 0 Å². The third-order valence-corrected chi connectivity index (χ3v) is 8.46. The summed E-state index contributed by atoms with van der Waals surface area (Å²) in [6.45, 7) is 7.32. The molecule has 0 radical (unpaired) electrons. The monoisotopic (exact) mass is 570 g/mol. The second-order valence-electron chi connectivity index (χ2n) is 10.6. The lowest BCUT2D eigenvalue weighted by molar-refractivity contribution is -0.141. The summed E-state index contributed by atoms with van der Waals surface area (Å²) in [6, 6.07) is 11.1. The van der Waals surface area contributed by atoms with Crippen molar-refractivity contribution < 1.29 is 14.3 Å². The number of rotatable bonds is 9. The van der Waals surface area contributed by atoms with E-state index in [9.17, 15) is 4.79 Å². The number of pyridine rings is 1. The van der Waals surface area contributed by atoms with E-state index in [1.54, 1.807) is 0 Å². The van der Waals surface area contributed by atoms with Crippen LogP contribution in [-0.2, 0) is 27.1 Å². The summed E-state index contributed by atoms with van der Waals surface area (Å²) < 4.78 is 11.7. The van der Waals surface area contributed by atoms with Crippen molar-refractivity contribution in [3.8, 4) is 0 Å². The highest BCUT2D eigenvalue weighted by Gasteiger charge is 2.27. The van der Waals surface area contributed by atoms with Crippen LogP contribution in [0.3, 0.4) is 0 Å². The molecule has 3 aliphatic rings. The molecule has 0 bridgehead atoms. The third kappa shape index (κ3) is 7.03. The molecule has 5 rings (SSSR count). The highest BCUT2D eigenvalue weighted by molar-refractivity contribution is 9.10. The number of carbonyl (C=O) groups is 1. The quantitative estimate of drug-likeness (QED) is 0.440. The van der Waals surface area contributed by atoms with Crippen molar-refractivity contribution in [2.45, 2.75) is 44.4 Å². The van der Waals surface area contributed by atoms with Crippen molar-refractivity contribution in [2.24, 2.45) is 5.92 Å². The fourth-order valence-electron chi connectivity index (χ4n) is 5.89. The number of halogens is 1. The minimum absolute atomic E-state index is 0.0943. The zero-order valence-electron chi connectivity index (χ0n) is 21.9. The van der Waals surface area contributed by atoms with Gasteiger partial charge in [0.1, 0.15) is 5.82 Å². The van der Waals surface area contributed by atoms with Gasteiger partial charge in [0.15, 0.2) is 0 Å². The van der Waals surface area contributed by atoms with Gasteiger partial charge in [-0.1, -0.05) is 22.0 Å². The Hall–Kier alpha value is -2.16. The van der Waals surface area contributed by atoms with Crippen molar-refractivity contribution >= 4 is 33.4 Å². The molecule has 1 N–H and O–H groups in total. The van der Waals surface area contributed by atoms with E-state index in [4.69, 9.17) is 14.5 Å². The summed E-state index contributed by atoms with van der Waals surface area (Å²) in [4.78, 5) is 22.2. The molecular formula is C29H39BrN4O3. The zero-order chi connectivity index (χ0) is 25.6. The van der Waals surface area contributed by atoms with Crippen LogP contribution >= 0.6 is 15.9 Å². The Balaban J connectivity index is 1.21. The second-order valence-corrected chi connectivity index (χ2v) is 11.5. The lowest BCUT2D eigenvalue weighted by Crippen LogP contribution is -2.36. The maximum Gasteiger partial charge on any atom is 0.306 e. The highest BCUT2D eigenvalue weighted by atomic mass is 79.9. The molecule has 2 aromatic rings. The number of carbonyl (C=O) groups excluding carboxylic acids is 1. The number of methoxy groups -OCH3 is 1. The van der Waals surface area contributed by atoms with Crippen molar-refractivity contribution in [3.63, 3.8) is 0 Å². The van der Waals surface area contributed by atoms with Crippen LogP contribution in [0, 0.1) is 5.92 Å². The molecule has 37 heavy (non-hydrogen) atoms. The molecule has 1 unspecified atom stereocenters. The highest BCUT2D eigenvalue weighted by Crippen LogP contribution is 2.32. The Morgan fingerprint density at radius 1 is 1.24 bits per heavy atom. The fraction of sp³-hybridized carbons (Fsp3) is 0.586. The molecule has 2 atom stereocenters. The second kappa shape index (κ2) is 12.6. The molecule has 0 amide bonds. The number of hydrogen-bond acceptors (Lipinski definition) is 7. The van der Waals surface area contributed by atoms with Gasteiger partial charge in [-0.05, 0) is 80.0 Å². The molecule has 200 valence electrons. The molecule has 4 heterocycles. The number of anilines is 2. The van der Waals surface area contributed by atoms with Gasteiger partial charge in [0.05, 0.1) is 26.7 Å². The number of nitrogens with zero attached hydrogens (tertiary/aromatic N) is 3. The van der Waals surface area contributed by atoms with Crippen LogP contribution in [0.1, 0.15) is 48.4 Å². The molecule has 1 aromatic heterocycles. The minimum Gasteiger partial charge on any atom is -0.469 e. The number of likely N-dealkylation sites (tertiary alicyclic amines) is 1. The number of aryl methyl sites for hydroxylation is 2. The van der Waals surface area contributed by atoms with Gasteiger partial charge in [-0.15, -0.1) is 0 Å². The lowest BCUT2D eigenvalue weighted by Gasteiger charge is -2.30. The topological polar surface area (TPSA) is 66.9 Å². The van der Waals surface area contributed by atoms with E-state index < -0.39 is 0 Å². The number of benzene rings is 1. The number of aromatic nitrogens is 1. The molecule has 3 aliphatic heterocycles. The predicted octanol–water partition coefficient (Wildman–Crippen LogP) is 4.64. The van der Waals surface area contributed by atoms with Gasteiger partial charge in [-0.2, -0.15) is 0 Å². The van der Waals surface area contributed by atoms with Gasteiger partial charge in [-0.25, -0.2) is 4.98 Å². The zero-order valence-corrected chi connectivity index (χ0v) is 23.5. The lowest BCUT2D eigenvalue weighted by atomic mass is 9.94. The first-order valence-electron chi connectivity index (χ1n) is 13.7. The van der Waals surface area contributed by atoms with Crippen LogP contribution in [0.4, 0.5) is 11.5 Å². The van der Waals surface area contributed by atoms with E-state index in [1.807, 2.05) is 0 Å². The Kier molecular flexibility index (Phi) is 9.00. The molecule has 1 aromatic carbocycles. The average molecular weight is 572 g/mol. The van der Waals surface area contributed by atoms with E-state index >= 15 is 0 Å². The normalized spacial score (nSPS) is 20.8. The van der Waals surface area contributed by atoms with E-state index in [0.717, 1.165) is 82.0 Å². The Morgan fingerprint density at radius 3 is 2.95 bits per heavy atom. The molecule has 2 saturated heterocycles. The first-order chi connectivity index (χ1) is 18.1. The van der Waals surface area contributed by atoms with E-state index in [2.05, 4.69) is 61.4 Å². The van der Waals surface area contributed by atoms with E-state index in [0.29, 0.717) is 12.3 Å². The Bertz CT molecular complexity index is 1080. The number of ether oxygens (including phenoxy) is 2. The van der Waals surface area contributed by atoms with Crippen molar-refractivity contribution in [3.05, 3.63) is 51.6 Å². The van der Waals surface area contributed by atoms with Gasteiger partial charge in [0.25, 0.3) is 0 Å². The van der Waals surface area contributed by atoms with Crippen molar-refractivity contribution in [1.29, 1.82) is 0 Å². The summed E-state index contributed by atoms with van der Waals surface area (Å²) in [5.41, 5.74) is 4.92. The summed E-state index contributed by atoms with van der Waals surface area (Å²) >= 11 is 3.72. The number of fused-ring (bicyclic) bond motifs is 1. The number of hydrogen-bond donors (Lipinski definition) is 1. The molecule has 7 nitrogen and oxygen atoms in total. The van der Waals surface area contributed by atoms with Crippen LogP contribution in [-0.4, -0.2) is 75.4 Å². The smallest absolute Gasteiger partial charge is 0.306 e. The van der Waals surface area contributed by atoms with Crippen molar-refractivity contribution in [1.82, 2.24) is 9.88 Å². The Morgan fingerprint density at radius 2 is 2.11 bits per heavy atom. The van der Waals surface area contributed by atoms with Crippen LogP contribution in [0.25, 0.3) is 0 Å². The average Bonchev–Trinajstić information content (AvgIpc) is 3.38. The Labute approximate surface area is 229 Å². The third-order valence-electron chi connectivity index (χ3n) is 8.00. The molecule has 8 heteroatoms. The van der Waals surface area contributed by atoms with Crippen molar-refractivity contribution in [2.75, 3.05) is 69.8 Å². The number of nitrogens with one attached hydrogen (secondary N) is 1. The molecule has 0 saturated carbocycles. The van der Waals surface area contributed by atoms with Gasteiger partial charge in [0.2, 0.25) is 0 Å². The number of esters is 1. The molecule has 0 aliphatic carbocycles. The molecule has 0 spiro atoms. The summed E-state index contributed by atoms with van der Waals surface area (Å²) in [5.74, 6) is 1.70. The van der Waals surface area contributed by atoms with Crippen LogP contribution in [0.5, 0.6) is 0 Å². The van der Waals surface area contributed by atoms with Gasteiger partial charge >= 0.3 is 5.97 Å². The minimum atomic E-state index is -0.152. The SMILES string of the molecule is COC(=O)C[C@@H](CN1CCC(CCc2ccc3c(n2)NCCC3)C1)c1cc(Br)cc(N2CCOCC2)c1. The molecule has 2 fully saturated rings. The first kappa shape index (κ1) is 26.4. The number of morpholine rings is 1. The largest absolute Gasteiger partial charge is 0.469 e.